The number of aliphatic hydroxyl groups is 2. The van der Waals surface area contributed by atoms with Crippen LogP contribution in [-0.2, 0) is 17.4 Å². The fraction of sp³-hybridized carbons (Fsp3) is 0.476. The Labute approximate surface area is 148 Å². The molecular formula is C21H25NO3. The second-order valence-electron chi connectivity index (χ2n) is 7.65. The fourth-order valence-corrected chi connectivity index (χ4v) is 5.22. The van der Waals surface area contributed by atoms with Gasteiger partial charge in [-0.05, 0) is 73.4 Å². The molecule has 2 aliphatic rings. The first kappa shape index (κ1) is 16.6. The summed E-state index contributed by atoms with van der Waals surface area (Å²) in [4.78, 5) is 4.32. The van der Waals surface area contributed by atoms with Crippen molar-refractivity contribution in [3.8, 4) is 5.75 Å². The van der Waals surface area contributed by atoms with Gasteiger partial charge in [0, 0.05) is 11.6 Å². The van der Waals surface area contributed by atoms with Gasteiger partial charge < -0.3 is 15.3 Å². The summed E-state index contributed by atoms with van der Waals surface area (Å²) in [7, 11) is 0. The Bertz CT molecular complexity index is 778. The average molecular weight is 339 g/mol. The molecule has 0 amide bonds. The Kier molecular flexibility index (Phi) is 3.85. The number of phenols is 1. The van der Waals surface area contributed by atoms with Crippen molar-refractivity contribution >= 4 is 0 Å². The number of rotatable bonds is 2. The molecule has 4 heteroatoms. The van der Waals surface area contributed by atoms with E-state index in [4.69, 9.17) is 0 Å². The Balaban J connectivity index is 1.77. The zero-order chi connectivity index (χ0) is 17.7. The van der Waals surface area contributed by atoms with Crippen LogP contribution in [0.2, 0.25) is 0 Å². The van der Waals surface area contributed by atoms with E-state index in [0.717, 1.165) is 19.3 Å². The molecule has 2 aliphatic carbocycles. The highest BCUT2D eigenvalue weighted by Crippen LogP contribution is 2.56. The molecule has 4 rings (SSSR count). The minimum absolute atomic E-state index is 0.151. The van der Waals surface area contributed by atoms with Gasteiger partial charge in [0.2, 0.25) is 0 Å². The first-order valence-electron chi connectivity index (χ1n) is 9.14. The van der Waals surface area contributed by atoms with Crippen LogP contribution in [0.25, 0.3) is 0 Å². The lowest BCUT2D eigenvalue weighted by Crippen LogP contribution is -2.56. The normalized spacial score (nSPS) is 34.2. The van der Waals surface area contributed by atoms with Gasteiger partial charge in [0.1, 0.15) is 11.4 Å². The van der Waals surface area contributed by atoms with Crippen LogP contribution in [0.1, 0.15) is 49.4 Å². The predicted molar refractivity (Wildman–Crippen MR) is 95.3 cm³/mol. The van der Waals surface area contributed by atoms with Crippen molar-refractivity contribution in [2.24, 2.45) is 5.92 Å². The van der Waals surface area contributed by atoms with Gasteiger partial charge in [-0.25, -0.2) is 0 Å². The second kappa shape index (κ2) is 5.82. The molecule has 1 heterocycles. The molecular weight excluding hydrogens is 314 g/mol. The summed E-state index contributed by atoms with van der Waals surface area (Å²) in [5, 5.41) is 32.1. The third kappa shape index (κ3) is 2.39. The molecule has 25 heavy (non-hydrogen) atoms. The maximum atomic E-state index is 11.3. The van der Waals surface area contributed by atoms with E-state index in [1.807, 2.05) is 24.3 Å². The zero-order valence-corrected chi connectivity index (χ0v) is 14.5. The SMILES string of the molecule is CCC12CC(O)C(O)(c3ccccn3)C[C@H]1CCc1cc(O)ccc12. The van der Waals surface area contributed by atoms with Gasteiger partial charge in [-0.15, -0.1) is 0 Å². The molecule has 0 aliphatic heterocycles. The number of hydrogen-bond donors (Lipinski definition) is 3. The van der Waals surface area contributed by atoms with Crippen LogP contribution >= 0.6 is 0 Å². The number of nitrogens with zero attached hydrogens (tertiary/aromatic N) is 1. The molecule has 4 nitrogen and oxygen atoms in total. The molecule has 3 N–H and O–H groups in total. The Morgan fingerprint density at radius 2 is 2.04 bits per heavy atom. The van der Waals surface area contributed by atoms with Crippen LogP contribution in [0.15, 0.2) is 42.6 Å². The minimum Gasteiger partial charge on any atom is -0.508 e. The number of aryl methyl sites for hydroxylation is 1. The number of aromatic nitrogens is 1. The van der Waals surface area contributed by atoms with E-state index in [-0.39, 0.29) is 11.3 Å². The number of benzene rings is 1. The molecule has 0 radical (unpaired) electrons. The molecule has 0 saturated heterocycles. The molecule has 4 atom stereocenters. The van der Waals surface area contributed by atoms with Crippen molar-refractivity contribution in [1.82, 2.24) is 4.98 Å². The second-order valence-corrected chi connectivity index (χ2v) is 7.65. The highest BCUT2D eigenvalue weighted by molar-refractivity contribution is 5.43. The molecule has 1 saturated carbocycles. The van der Waals surface area contributed by atoms with E-state index in [1.165, 1.54) is 11.1 Å². The van der Waals surface area contributed by atoms with Gasteiger partial charge in [0.05, 0.1) is 11.8 Å². The molecule has 1 aromatic carbocycles. The van der Waals surface area contributed by atoms with Crippen molar-refractivity contribution in [1.29, 1.82) is 0 Å². The van der Waals surface area contributed by atoms with Crippen molar-refractivity contribution in [3.63, 3.8) is 0 Å². The lowest BCUT2D eigenvalue weighted by molar-refractivity contribution is -0.148. The summed E-state index contributed by atoms with van der Waals surface area (Å²) in [6.07, 6.45) is 4.58. The van der Waals surface area contributed by atoms with Crippen molar-refractivity contribution in [2.75, 3.05) is 0 Å². The first-order valence-corrected chi connectivity index (χ1v) is 9.14. The van der Waals surface area contributed by atoms with E-state index in [0.29, 0.717) is 24.3 Å². The Morgan fingerprint density at radius 1 is 1.20 bits per heavy atom. The number of hydrogen-bond acceptors (Lipinski definition) is 4. The highest BCUT2D eigenvalue weighted by atomic mass is 16.3. The Hall–Kier alpha value is -1.91. The van der Waals surface area contributed by atoms with Crippen LogP contribution in [-0.4, -0.2) is 26.4 Å². The van der Waals surface area contributed by atoms with Gasteiger partial charge >= 0.3 is 0 Å². The summed E-state index contributed by atoms with van der Waals surface area (Å²) >= 11 is 0. The number of fused-ring (bicyclic) bond motifs is 3. The lowest BCUT2D eigenvalue weighted by atomic mass is 9.52. The monoisotopic (exact) mass is 339 g/mol. The maximum Gasteiger partial charge on any atom is 0.132 e. The quantitative estimate of drug-likeness (QED) is 0.786. The summed E-state index contributed by atoms with van der Waals surface area (Å²) in [5.41, 5.74) is 1.52. The van der Waals surface area contributed by atoms with Crippen LogP contribution < -0.4 is 0 Å². The van der Waals surface area contributed by atoms with E-state index >= 15 is 0 Å². The lowest BCUT2D eigenvalue weighted by Gasteiger charge is -2.54. The molecule has 1 fully saturated rings. The molecule has 0 spiro atoms. The highest BCUT2D eigenvalue weighted by Gasteiger charge is 2.56. The number of phenolic OH excluding ortho intramolecular Hbond substituents is 1. The van der Waals surface area contributed by atoms with Crippen LogP contribution in [0.3, 0.4) is 0 Å². The maximum absolute atomic E-state index is 11.3. The van der Waals surface area contributed by atoms with Crippen LogP contribution in [0.5, 0.6) is 5.75 Å². The third-order valence-corrected chi connectivity index (χ3v) is 6.57. The largest absolute Gasteiger partial charge is 0.508 e. The van der Waals surface area contributed by atoms with Gasteiger partial charge in [-0.3, -0.25) is 4.98 Å². The van der Waals surface area contributed by atoms with Crippen LogP contribution in [0.4, 0.5) is 0 Å². The molecule has 132 valence electrons. The average Bonchev–Trinajstić information content (AvgIpc) is 2.63. The fourth-order valence-electron chi connectivity index (χ4n) is 5.22. The van der Waals surface area contributed by atoms with Crippen molar-refractivity contribution in [3.05, 3.63) is 59.4 Å². The standard InChI is InChI=1S/C21H25NO3/c1-2-20-13-19(24)21(25,18-5-3-4-10-22-18)12-15(20)7-6-14-11-16(23)8-9-17(14)20/h3-5,8-11,15,19,23-25H,2,6-7,12-13H2,1H3/t15-,19?,20?,21?/m1/s1. The number of aromatic hydroxyl groups is 1. The van der Waals surface area contributed by atoms with Crippen molar-refractivity contribution < 1.29 is 15.3 Å². The van der Waals surface area contributed by atoms with Gasteiger partial charge in [-0.2, -0.15) is 0 Å². The Morgan fingerprint density at radius 3 is 2.76 bits per heavy atom. The van der Waals surface area contributed by atoms with Crippen molar-refractivity contribution in [2.45, 2.75) is 56.1 Å². The summed E-state index contributed by atoms with van der Waals surface area (Å²) in [6, 6.07) is 11.1. The topological polar surface area (TPSA) is 73.6 Å². The van der Waals surface area contributed by atoms with E-state index < -0.39 is 11.7 Å². The summed E-state index contributed by atoms with van der Waals surface area (Å²) < 4.78 is 0. The first-order chi connectivity index (χ1) is 12.0. The summed E-state index contributed by atoms with van der Waals surface area (Å²) in [5.74, 6) is 0.578. The number of aliphatic hydroxyl groups excluding tert-OH is 1. The van der Waals surface area contributed by atoms with Gasteiger partial charge in [0.25, 0.3) is 0 Å². The minimum atomic E-state index is -1.29. The van der Waals surface area contributed by atoms with Gasteiger partial charge in [-0.1, -0.05) is 19.1 Å². The molecule has 2 aromatic rings. The molecule has 0 bridgehead atoms. The smallest absolute Gasteiger partial charge is 0.132 e. The zero-order valence-electron chi connectivity index (χ0n) is 14.5. The molecule has 1 aromatic heterocycles. The number of pyridine rings is 1. The van der Waals surface area contributed by atoms with E-state index in [1.54, 1.807) is 18.3 Å². The van der Waals surface area contributed by atoms with E-state index in [2.05, 4.69) is 11.9 Å². The predicted octanol–water partition coefficient (Wildman–Crippen LogP) is 3.04. The molecule has 3 unspecified atom stereocenters. The van der Waals surface area contributed by atoms with Gasteiger partial charge in [0.15, 0.2) is 0 Å². The van der Waals surface area contributed by atoms with E-state index in [9.17, 15) is 15.3 Å². The van der Waals surface area contributed by atoms with Crippen LogP contribution in [0, 0.1) is 5.92 Å². The third-order valence-electron chi connectivity index (χ3n) is 6.57. The summed E-state index contributed by atoms with van der Waals surface area (Å²) in [6.45, 7) is 2.16.